The largest absolute Gasteiger partial charge is 0.480 e. The van der Waals surface area contributed by atoms with Gasteiger partial charge in [-0.15, -0.1) is 0 Å². The Labute approximate surface area is 105 Å². The van der Waals surface area contributed by atoms with Gasteiger partial charge in [-0.25, -0.2) is 0 Å². The third-order valence-electron chi connectivity index (χ3n) is 4.14. The zero-order chi connectivity index (χ0) is 12.8. The molecule has 3 heteroatoms. The van der Waals surface area contributed by atoms with E-state index >= 15 is 0 Å². The van der Waals surface area contributed by atoms with Gasteiger partial charge in [0.1, 0.15) is 16.8 Å². The molecule has 1 fully saturated rings. The minimum Gasteiger partial charge on any atom is -0.480 e. The van der Waals surface area contributed by atoms with Crippen LogP contribution >= 0.6 is 0 Å². The van der Waals surface area contributed by atoms with Crippen molar-refractivity contribution in [2.75, 3.05) is 0 Å². The summed E-state index contributed by atoms with van der Waals surface area (Å²) in [6.07, 6.45) is 3.29. The van der Waals surface area contributed by atoms with Crippen LogP contribution in [0.1, 0.15) is 37.0 Å². The van der Waals surface area contributed by atoms with Crippen molar-refractivity contribution in [2.45, 2.75) is 38.0 Å². The molecule has 0 bridgehead atoms. The van der Waals surface area contributed by atoms with Gasteiger partial charge in [0.15, 0.2) is 0 Å². The van der Waals surface area contributed by atoms with Gasteiger partial charge < -0.3 is 9.52 Å². The lowest BCUT2D eigenvalue weighted by atomic mass is 9.81. The second kappa shape index (κ2) is 3.87. The SMILES string of the molecule is Cc1c(C2(C(=O)O)CCCC2)oc2ccccc12. The summed E-state index contributed by atoms with van der Waals surface area (Å²) in [4.78, 5) is 11.7. The van der Waals surface area contributed by atoms with Crippen LogP contribution in [0.4, 0.5) is 0 Å². The van der Waals surface area contributed by atoms with Crippen molar-refractivity contribution in [1.29, 1.82) is 0 Å². The number of carbonyl (C=O) groups is 1. The third-order valence-corrected chi connectivity index (χ3v) is 4.14. The summed E-state index contributed by atoms with van der Waals surface area (Å²) in [6.45, 7) is 1.96. The predicted molar refractivity (Wildman–Crippen MR) is 68.7 cm³/mol. The zero-order valence-electron chi connectivity index (χ0n) is 10.4. The molecule has 0 atom stereocenters. The first-order valence-electron chi connectivity index (χ1n) is 6.37. The summed E-state index contributed by atoms with van der Waals surface area (Å²) in [5, 5.41) is 10.6. The predicted octanol–water partition coefficient (Wildman–Crippen LogP) is 3.64. The fraction of sp³-hybridized carbons (Fsp3) is 0.400. The van der Waals surface area contributed by atoms with Gasteiger partial charge in [-0.1, -0.05) is 31.0 Å². The fourth-order valence-corrected chi connectivity index (χ4v) is 3.15. The molecule has 2 aromatic rings. The number of carboxylic acid groups (broad SMARTS) is 1. The van der Waals surface area contributed by atoms with Crippen LogP contribution in [0.3, 0.4) is 0 Å². The Hall–Kier alpha value is -1.77. The maximum absolute atomic E-state index is 11.7. The number of para-hydroxylation sites is 1. The number of carboxylic acids is 1. The van der Waals surface area contributed by atoms with Gasteiger partial charge in [0.05, 0.1) is 0 Å². The standard InChI is InChI=1S/C15H16O3/c1-10-11-6-2-3-7-12(11)18-13(10)15(14(16)17)8-4-5-9-15/h2-3,6-7H,4-5,8-9H2,1H3,(H,16,17). The molecule has 1 heterocycles. The molecule has 1 saturated carbocycles. The molecule has 3 nitrogen and oxygen atoms in total. The second-order valence-corrected chi connectivity index (χ2v) is 5.15. The fourth-order valence-electron chi connectivity index (χ4n) is 3.15. The maximum Gasteiger partial charge on any atom is 0.317 e. The molecule has 1 aliphatic carbocycles. The van der Waals surface area contributed by atoms with Crippen LogP contribution < -0.4 is 0 Å². The Morgan fingerprint density at radius 1 is 1.28 bits per heavy atom. The van der Waals surface area contributed by atoms with Gasteiger partial charge >= 0.3 is 5.97 Å². The van der Waals surface area contributed by atoms with E-state index in [0.717, 1.165) is 29.4 Å². The molecule has 0 unspecified atom stereocenters. The summed E-state index contributed by atoms with van der Waals surface area (Å²) in [5.74, 6) is -0.0872. The number of rotatable bonds is 2. The highest BCUT2D eigenvalue weighted by atomic mass is 16.4. The normalized spacial score (nSPS) is 18.3. The minimum atomic E-state index is -0.802. The molecule has 0 spiro atoms. The lowest BCUT2D eigenvalue weighted by Crippen LogP contribution is -2.32. The van der Waals surface area contributed by atoms with Crippen LogP contribution in [-0.4, -0.2) is 11.1 Å². The van der Waals surface area contributed by atoms with E-state index in [2.05, 4.69) is 0 Å². The highest BCUT2D eigenvalue weighted by Crippen LogP contribution is 2.45. The molecule has 1 aliphatic rings. The summed E-state index contributed by atoms with van der Waals surface area (Å²) >= 11 is 0. The molecule has 1 aromatic heterocycles. The van der Waals surface area contributed by atoms with Crippen LogP contribution in [0, 0.1) is 6.92 Å². The Balaban J connectivity index is 2.24. The molecular formula is C15H16O3. The molecule has 0 amide bonds. The molecule has 94 valence electrons. The van der Waals surface area contributed by atoms with E-state index in [9.17, 15) is 9.90 Å². The molecule has 1 aromatic carbocycles. The molecule has 0 aliphatic heterocycles. The van der Waals surface area contributed by atoms with E-state index in [1.54, 1.807) is 0 Å². The van der Waals surface area contributed by atoms with E-state index in [0.29, 0.717) is 18.6 Å². The van der Waals surface area contributed by atoms with Gasteiger partial charge in [0.2, 0.25) is 0 Å². The van der Waals surface area contributed by atoms with Gasteiger partial charge in [-0.05, 0) is 31.4 Å². The smallest absolute Gasteiger partial charge is 0.317 e. The highest BCUT2D eigenvalue weighted by Gasteiger charge is 2.47. The Bertz CT molecular complexity index is 603. The number of benzene rings is 1. The van der Waals surface area contributed by atoms with Crippen molar-refractivity contribution in [3.63, 3.8) is 0 Å². The van der Waals surface area contributed by atoms with Crippen molar-refractivity contribution < 1.29 is 14.3 Å². The lowest BCUT2D eigenvalue weighted by molar-refractivity contribution is -0.144. The number of furan rings is 1. The van der Waals surface area contributed by atoms with Crippen molar-refractivity contribution in [2.24, 2.45) is 0 Å². The lowest BCUT2D eigenvalue weighted by Gasteiger charge is -2.21. The Morgan fingerprint density at radius 2 is 1.94 bits per heavy atom. The Morgan fingerprint density at radius 3 is 2.56 bits per heavy atom. The molecule has 18 heavy (non-hydrogen) atoms. The number of aliphatic carboxylic acids is 1. The first-order chi connectivity index (χ1) is 8.65. The van der Waals surface area contributed by atoms with Crippen LogP contribution in [0.5, 0.6) is 0 Å². The minimum absolute atomic E-state index is 0.661. The molecule has 0 saturated heterocycles. The van der Waals surface area contributed by atoms with Crippen molar-refractivity contribution in [1.82, 2.24) is 0 Å². The van der Waals surface area contributed by atoms with Gasteiger partial charge in [0, 0.05) is 5.39 Å². The quantitative estimate of drug-likeness (QED) is 0.877. The van der Waals surface area contributed by atoms with Gasteiger partial charge in [0.25, 0.3) is 0 Å². The van der Waals surface area contributed by atoms with E-state index < -0.39 is 11.4 Å². The van der Waals surface area contributed by atoms with Crippen LogP contribution in [-0.2, 0) is 10.2 Å². The van der Waals surface area contributed by atoms with Gasteiger partial charge in [-0.3, -0.25) is 4.79 Å². The van der Waals surface area contributed by atoms with E-state index in [-0.39, 0.29) is 0 Å². The summed E-state index contributed by atoms with van der Waals surface area (Å²) in [5.41, 5.74) is 0.968. The average molecular weight is 244 g/mol. The molecular weight excluding hydrogens is 228 g/mol. The van der Waals surface area contributed by atoms with Crippen molar-refractivity contribution >= 4 is 16.9 Å². The summed E-state index contributed by atoms with van der Waals surface area (Å²) < 4.78 is 5.87. The van der Waals surface area contributed by atoms with Crippen LogP contribution in [0.2, 0.25) is 0 Å². The second-order valence-electron chi connectivity index (χ2n) is 5.15. The number of hydrogen-bond acceptors (Lipinski definition) is 2. The molecule has 0 radical (unpaired) electrons. The van der Waals surface area contributed by atoms with Crippen molar-refractivity contribution in [3.8, 4) is 0 Å². The maximum atomic E-state index is 11.7. The summed E-state index contributed by atoms with van der Waals surface area (Å²) in [7, 11) is 0. The molecule has 3 rings (SSSR count). The first-order valence-corrected chi connectivity index (χ1v) is 6.37. The van der Waals surface area contributed by atoms with Gasteiger partial charge in [-0.2, -0.15) is 0 Å². The van der Waals surface area contributed by atoms with Crippen LogP contribution in [0.15, 0.2) is 28.7 Å². The third kappa shape index (κ3) is 1.40. The zero-order valence-corrected chi connectivity index (χ0v) is 10.4. The topological polar surface area (TPSA) is 50.4 Å². The van der Waals surface area contributed by atoms with E-state index in [1.807, 2.05) is 31.2 Å². The monoisotopic (exact) mass is 244 g/mol. The number of fused-ring (bicyclic) bond motifs is 1. The van der Waals surface area contributed by atoms with E-state index in [4.69, 9.17) is 4.42 Å². The first kappa shape index (κ1) is 11.3. The highest BCUT2D eigenvalue weighted by molar-refractivity contribution is 5.87. The number of aryl methyl sites for hydroxylation is 1. The Kier molecular flexibility index (Phi) is 2.44. The van der Waals surface area contributed by atoms with Crippen molar-refractivity contribution in [3.05, 3.63) is 35.6 Å². The average Bonchev–Trinajstić information content (AvgIpc) is 2.96. The number of hydrogen-bond donors (Lipinski definition) is 1. The van der Waals surface area contributed by atoms with Crippen LogP contribution in [0.25, 0.3) is 11.0 Å². The van der Waals surface area contributed by atoms with E-state index in [1.165, 1.54) is 0 Å². The molecule has 1 N–H and O–H groups in total. The summed E-state index contributed by atoms with van der Waals surface area (Å²) in [6, 6.07) is 7.76.